The van der Waals surface area contributed by atoms with E-state index in [1.165, 1.54) is 29.2 Å². The van der Waals surface area contributed by atoms with E-state index in [1.54, 1.807) is 68.7 Å². The number of hydrogen-bond donors (Lipinski definition) is 2. The fourth-order valence-corrected chi connectivity index (χ4v) is 6.45. The Morgan fingerprint density at radius 3 is 2.15 bits per heavy atom. The minimum absolute atomic E-state index is 0.0607. The van der Waals surface area contributed by atoms with Crippen LogP contribution in [0.1, 0.15) is 26.3 Å². The van der Waals surface area contributed by atoms with Crippen LogP contribution in [0.5, 0.6) is 0 Å². The maximum atomic E-state index is 13.7. The maximum Gasteiger partial charge on any atom is 0.324 e. The lowest BCUT2D eigenvalue weighted by Crippen LogP contribution is -2.36. The van der Waals surface area contributed by atoms with E-state index >= 15 is 0 Å². The predicted molar refractivity (Wildman–Crippen MR) is 158 cm³/mol. The zero-order valence-corrected chi connectivity index (χ0v) is 24.3. The number of aliphatic carboxylic acids is 1. The van der Waals surface area contributed by atoms with E-state index < -0.39 is 28.4 Å². The minimum atomic E-state index is -4.43. The van der Waals surface area contributed by atoms with Crippen LogP contribution in [0.3, 0.4) is 0 Å². The molecule has 0 aliphatic heterocycles. The van der Waals surface area contributed by atoms with Gasteiger partial charge in [-0.3, -0.25) is 18.7 Å². The van der Waals surface area contributed by atoms with Crippen molar-refractivity contribution in [1.29, 1.82) is 0 Å². The Balaban J connectivity index is 1.71. The number of halogens is 2. The second kappa shape index (κ2) is 12.2. The Hall–Kier alpha value is -4.12. The van der Waals surface area contributed by atoms with E-state index in [-0.39, 0.29) is 38.6 Å². The molecule has 4 rings (SSSR count). The highest BCUT2D eigenvalue weighted by Crippen LogP contribution is 2.34. The van der Waals surface area contributed by atoms with Crippen molar-refractivity contribution in [2.24, 2.45) is 0 Å². The van der Waals surface area contributed by atoms with Crippen LogP contribution in [-0.4, -0.2) is 56.8 Å². The number of carboxylic acid groups (broad SMARTS) is 1. The van der Waals surface area contributed by atoms with Crippen molar-refractivity contribution in [1.82, 2.24) is 10.2 Å². The van der Waals surface area contributed by atoms with Crippen LogP contribution in [0.4, 0.5) is 5.69 Å². The summed E-state index contributed by atoms with van der Waals surface area (Å²) in [6, 6.07) is 20.0. The van der Waals surface area contributed by atoms with Gasteiger partial charge in [-0.05, 0) is 53.4 Å². The topological polar surface area (TPSA) is 124 Å². The highest BCUT2D eigenvalue weighted by molar-refractivity contribution is 7.93. The summed E-state index contributed by atoms with van der Waals surface area (Å²) in [5, 5.41) is 13.3. The van der Waals surface area contributed by atoms with Gasteiger partial charge in [-0.1, -0.05) is 59.6 Å². The first-order chi connectivity index (χ1) is 19.4. The Bertz CT molecular complexity index is 1760. The SMILES string of the molecule is CN(C)C(=O)c1cccc(CNC(=O)c2cccc3c(N(CC(=O)O)S(=O)(=O)c4cc(Cl)cc(Cl)c4)cccc23)c1. The summed E-state index contributed by atoms with van der Waals surface area (Å²) >= 11 is 12.1. The van der Waals surface area contributed by atoms with Gasteiger partial charge in [-0.2, -0.15) is 0 Å². The Labute approximate surface area is 246 Å². The van der Waals surface area contributed by atoms with Crippen LogP contribution >= 0.6 is 23.2 Å². The van der Waals surface area contributed by atoms with Gasteiger partial charge in [-0.15, -0.1) is 0 Å². The smallest absolute Gasteiger partial charge is 0.324 e. The molecule has 0 spiro atoms. The van der Waals surface area contributed by atoms with E-state index in [0.717, 1.165) is 4.31 Å². The number of carbonyl (C=O) groups excluding carboxylic acids is 2. The molecule has 41 heavy (non-hydrogen) atoms. The standard InChI is InChI=1S/C29H25Cl2N3O6S/c1-33(2)29(38)19-7-3-6-18(12-19)16-32-28(37)25-10-4-9-24-23(25)8-5-11-26(24)34(17-27(35)36)41(39,40)22-14-20(30)13-21(31)15-22/h3-15H,16-17H2,1-2H3,(H,32,37)(H,35,36). The molecule has 2 amide bonds. The summed E-state index contributed by atoms with van der Waals surface area (Å²) in [5.74, 6) is -1.99. The number of fused-ring (bicyclic) bond motifs is 1. The molecule has 0 aliphatic carbocycles. The molecule has 0 radical (unpaired) electrons. The lowest BCUT2D eigenvalue weighted by molar-refractivity contribution is -0.135. The maximum absolute atomic E-state index is 13.7. The molecular weight excluding hydrogens is 589 g/mol. The molecule has 4 aromatic carbocycles. The number of nitrogens with zero attached hydrogens (tertiary/aromatic N) is 2. The average molecular weight is 615 g/mol. The predicted octanol–water partition coefficient (Wildman–Crippen LogP) is 5.06. The van der Waals surface area contributed by atoms with Gasteiger partial charge in [0, 0.05) is 47.2 Å². The van der Waals surface area contributed by atoms with Gasteiger partial charge in [0.1, 0.15) is 6.54 Å². The molecule has 4 aromatic rings. The van der Waals surface area contributed by atoms with Gasteiger partial charge in [0.05, 0.1) is 10.6 Å². The molecule has 0 saturated heterocycles. The molecule has 0 aromatic heterocycles. The van der Waals surface area contributed by atoms with Crippen molar-refractivity contribution in [3.63, 3.8) is 0 Å². The number of rotatable bonds is 9. The number of hydrogen-bond acceptors (Lipinski definition) is 5. The number of benzene rings is 4. The number of sulfonamides is 1. The third-order valence-electron chi connectivity index (χ3n) is 6.15. The molecule has 0 atom stereocenters. The Morgan fingerprint density at radius 1 is 0.854 bits per heavy atom. The lowest BCUT2D eigenvalue weighted by Gasteiger charge is -2.25. The van der Waals surface area contributed by atoms with Crippen molar-refractivity contribution < 1.29 is 27.9 Å². The molecule has 0 fully saturated rings. The zero-order chi connectivity index (χ0) is 29.9. The molecule has 0 aliphatic rings. The first kappa shape index (κ1) is 29.9. The summed E-state index contributed by atoms with van der Waals surface area (Å²) in [7, 11) is -1.13. The molecule has 0 heterocycles. The van der Waals surface area contributed by atoms with E-state index in [2.05, 4.69) is 5.32 Å². The number of amides is 2. The molecule has 0 bridgehead atoms. The fraction of sp³-hybridized carbons (Fsp3) is 0.138. The van der Waals surface area contributed by atoms with Crippen LogP contribution in [0, 0.1) is 0 Å². The number of carboxylic acids is 1. The van der Waals surface area contributed by atoms with E-state index in [9.17, 15) is 27.9 Å². The highest BCUT2D eigenvalue weighted by atomic mass is 35.5. The van der Waals surface area contributed by atoms with Gasteiger partial charge in [0.15, 0.2) is 0 Å². The van der Waals surface area contributed by atoms with Gasteiger partial charge < -0.3 is 15.3 Å². The van der Waals surface area contributed by atoms with Gasteiger partial charge in [0.25, 0.3) is 21.8 Å². The van der Waals surface area contributed by atoms with Crippen molar-refractivity contribution in [3.8, 4) is 0 Å². The van der Waals surface area contributed by atoms with Gasteiger partial charge >= 0.3 is 5.97 Å². The Morgan fingerprint density at radius 2 is 1.49 bits per heavy atom. The minimum Gasteiger partial charge on any atom is -0.480 e. The van der Waals surface area contributed by atoms with Crippen LogP contribution in [0.25, 0.3) is 10.8 Å². The van der Waals surface area contributed by atoms with E-state index in [1.807, 2.05) is 0 Å². The molecule has 12 heteroatoms. The molecular formula is C29H25Cl2N3O6S. The third-order valence-corrected chi connectivity index (χ3v) is 8.32. The fourth-order valence-electron chi connectivity index (χ4n) is 4.29. The lowest BCUT2D eigenvalue weighted by atomic mass is 10.0. The average Bonchev–Trinajstić information content (AvgIpc) is 2.93. The molecule has 212 valence electrons. The quantitative estimate of drug-likeness (QED) is 0.272. The zero-order valence-electron chi connectivity index (χ0n) is 22.0. The number of nitrogens with one attached hydrogen (secondary N) is 1. The first-order valence-electron chi connectivity index (χ1n) is 12.2. The monoisotopic (exact) mass is 613 g/mol. The van der Waals surface area contributed by atoms with Crippen molar-refractivity contribution >= 4 is 67.5 Å². The van der Waals surface area contributed by atoms with Gasteiger partial charge in [-0.25, -0.2) is 8.42 Å². The normalized spacial score (nSPS) is 11.2. The summed E-state index contributed by atoms with van der Waals surface area (Å²) in [4.78, 5) is 38.5. The van der Waals surface area contributed by atoms with E-state index in [4.69, 9.17) is 23.2 Å². The van der Waals surface area contributed by atoms with Gasteiger partial charge in [0.2, 0.25) is 0 Å². The highest BCUT2D eigenvalue weighted by Gasteiger charge is 2.29. The summed E-state index contributed by atoms with van der Waals surface area (Å²) < 4.78 is 28.0. The van der Waals surface area contributed by atoms with Crippen molar-refractivity contribution in [2.45, 2.75) is 11.4 Å². The summed E-state index contributed by atoms with van der Waals surface area (Å²) in [6.45, 7) is -0.748. The number of anilines is 1. The summed E-state index contributed by atoms with van der Waals surface area (Å²) in [5.41, 5.74) is 1.51. The number of carbonyl (C=O) groups is 3. The van der Waals surface area contributed by atoms with Crippen LogP contribution in [0.15, 0.2) is 83.8 Å². The van der Waals surface area contributed by atoms with Crippen LogP contribution in [-0.2, 0) is 21.4 Å². The molecule has 2 N–H and O–H groups in total. The second-order valence-electron chi connectivity index (χ2n) is 9.27. The second-order valence-corrected chi connectivity index (χ2v) is 12.0. The van der Waals surface area contributed by atoms with E-state index in [0.29, 0.717) is 21.9 Å². The van der Waals surface area contributed by atoms with Crippen molar-refractivity contribution in [3.05, 3.63) is 106 Å². The molecule has 0 saturated carbocycles. The molecule has 9 nitrogen and oxygen atoms in total. The largest absolute Gasteiger partial charge is 0.480 e. The summed E-state index contributed by atoms with van der Waals surface area (Å²) in [6.07, 6.45) is 0. The van der Waals surface area contributed by atoms with Crippen molar-refractivity contribution in [2.75, 3.05) is 24.9 Å². The first-order valence-corrected chi connectivity index (χ1v) is 14.4. The Kier molecular flexibility index (Phi) is 8.86. The van der Waals surface area contributed by atoms with Crippen LogP contribution in [0.2, 0.25) is 10.0 Å². The third kappa shape index (κ3) is 6.62. The van der Waals surface area contributed by atoms with Crippen LogP contribution < -0.4 is 9.62 Å². The molecule has 0 unspecified atom stereocenters.